The fraction of sp³-hybridized carbons (Fsp3) is 0.281. The van der Waals surface area contributed by atoms with Gasteiger partial charge in [-0.05, 0) is 90.9 Å². The van der Waals surface area contributed by atoms with E-state index < -0.39 is 12.4 Å². The van der Waals surface area contributed by atoms with Crippen molar-refractivity contribution in [1.29, 1.82) is 0 Å². The predicted octanol–water partition coefficient (Wildman–Crippen LogP) is 7.36. The highest BCUT2D eigenvalue weighted by molar-refractivity contribution is 8.15. The van der Waals surface area contributed by atoms with Gasteiger partial charge in [0.25, 0.3) is 0 Å². The van der Waals surface area contributed by atoms with Gasteiger partial charge in [0.1, 0.15) is 12.1 Å². The van der Waals surface area contributed by atoms with Crippen molar-refractivity contribution in [3.05, 3.63) is 95.1 Å². The van der Waals surface area contributed by atoms with Crippen LogP contribution in [0, 0.1) is 13.8 Å². The van der Waals surface area contributed by atoms with Crippen LogP contribution >= 0.6 is 11.8 Å². The number of carbonyl (C=O) groups is 2. The molecule has 0 radical (unpaired) electrons. The number of rotatable bonds is 8. The smallest absolute Gasteiger partial charge is 0.406 e. The molecule has 1 aliphatic heterocycles. The molecule has 0 spiro atoms. The quantitative estimate of drug-likeness (QED) is 0.217. The Hall–Kier alpha value is -4.65. The summed E-state index contributed by atoms with van der Waals surface area (Å²) in [6.45, 7) is 8.02. The fourth-order valence-corrected chi connectivity index (χ4v) is 5.75. The van der Waals surface area contributed by atoms with Crippen LogP contribution in [-0.2, 0) is 17.6 Å². The third-order valence-electron chi connectivity index (χ3n) is 7.10. The molecule has 1 aromatic heterocycles. The number of nitrogens with zero attached hydrogens (tertiary/aromatic N) is 5. The molecular formula is C32H31F3N6O3S. The van der Waals surface area contributed by atoms with Gasteiger partial charge >= 0.3 is 12.4 Å². The number of thioether (sulfide) groups is 1. The second-order valence-corrected chi connectivity index (χ2v) is 11.8. The van der Waals surface area contributed by atoms with E-state index in [-0.39, 0.29) is 23.3 Å². The summed E-state index contributed by atoms with van der Waals surface area (Å²) in [5.41, 5.74) is 5.87. The number of ether oxygens (including phenoxy) is 1. The number of benzene rings is 3. The molecule has 1 aliphatic rings. The molecule has 45 heavy (non-hydrogen) atoms. The summed E-state index contributed by atoms with van der Waals surface area (Å²) in [4.78, 5) is 35.8. The predicted molar refractivity (Wildman–Crippen MR) is 168 cm³/mol. The number of amidine groups is 1. The zero-order valence-corrected chi connectivity index (χ0v) is 25.9. The SMILES string of the molecule is Cc1ccc(C(C)C)c(N2C(=O)CSC2=NC(=O)Nc2ccc(CCc3ncn(-c4ccc(OC(F)(F)F)cc4)n3)c(C)c2)c1. The molecule has 0 saturated carbocycles. The molecule has 2 heterocycles. The maximum absolute atomic E-state index is 12.9. The summed E-state index contributed by atoms with van der Waals surface area (Å²) in [7, 11) is 0. The number of nitrogens with one attached hydrogen (secondary N) is 1. The maximum Gasteiger partial charge on any atom is 0.573 e. The van der Waals surface area contributed by atoms with Gasteiger partial charge in [0.2, 0.25) is 5.91 Å². The highest BCUT2D eigenvalue weighted by Gasteiger charge is 2.33. The molecule has 234 valence electrons. The first kappa shape index (κ1) is 31.8. The van der Waals surface area contributed by atoms with Crippen molar-refractivity contribution < 1.29 is 27.5 Å². The number of halogens is 3. The molecule has 9 nitrogen and oxygen atoms in total. The van der Waals surface area contributed by atoms with E-state index in [2.05, 4.69) is 39.0 Å². The van der Waals surface area contributed by atoms with Crippen molar-refractivity contribution in [3.8, 4) is 11.4 Å². The lowest BCUT2D eigenvalue weighted by Gasteiger charge is -2.22. The Kier molecular flexibility index (Phi) is 9.28. The first-order chi connectivity index (χ1) is 21.4. The summed E-state index contributed by atoms with van der Waals surface area (Å²) in [5.74, 6) is 0.533. The van der Waals surface area contributed by atoms with Crippen molar-refractivity contribution in [2.75, 3.05) is 16.0 Å². The van der Waals surface area contributed by atoms with E-state index in [0.717, 1.165) is 27.9 Å². The van der Waals surface area contributed by atoms with Crippen LogP contribution in [0.25, 0.3) is 5.69 Å². The molecule has 0 unspecified atom stereocenters. The second-order valence-electron chi connectivity index (χ2n) is 10.8. The molecule has 0 atom stereocenters. The Morgan fingerprint density at radius 3 is 2.51 bits per heavy atom. The summed E-state index contributed by atoms with van der Waals surface area (Å²) >= 11 is 1.24. The Morgan fingerprint density at radius 1 is 1.07 bits per heavy atom. The van der Waals surface area contributed by atoms with Crippen LogP contribution in [0.2, 0.25) is 0 Å². The van der Waals surface area contributed by atoms with E-state index in [0.29, 0.717) is 35.2 Å². The Morgan fingerprint density at radius 2 is 1.82 bits per heavy atom. The maximum atomic E-state index is 12.9. The van der Waals surface area contributed by atoms with Gasteiger partial charge in [0, 0.05) is 12.1 Å². The molecule has 0 aliphatic carbocycles. The summed E-state index contributed by atoms with van der Waals surface area (Å²) in [5, 5.41) is 7.58. The van der Waals surface area contributed by atoms with Crippen LogP contribution in [0.4, 0.5) is 29.3 Å². The molecule has 1 saturated heterocycles. The fourth-order valence-electron chi connectivity index (χ4n) is 4.89. The molecule has 3 amide bonds. The van der Waals surface area contributed by atoms with Crippen molar-refractivity contribution in [2.45, 2.75) is 52.8 Å². The lowest BCUT2D eigenvalue weighted by atomic mass is 9.99. The van der Waals surface area contributed by atoms with Crippen LogP contribution in [0.3, 0.4) is 0 Å². The van der Waals surface area contributed by atoms with E-state index in [9.17, 15) is 22.8 Å². The minimum Gasteiger partial charge on any atom is -0.406 e. The number of amides is 3. The Bertz CT molecular complexity index is 1750. The summed E-state index contributed by atoms with van der Waals surface area (Å²) < 4.78 is 42.6. The first-order valence-electron chi connectivity index (χ1n) is 14.2. The van der Waals surface area contributed by atoms with Crippen molar-refractivity contribution in [1.82, 2.24) is 14.8 Å². The van der Waals surface area contributed by atoms with Gasteiger partial charge < -0.3 is 10.1 Å². The monoisotopic (exact) mass is 636 g/mol. The van der Waals surface area contributed by atoms with Crippen LogP contribution in [0.5, 0.6) is 5.75 Å². The van der Waals surface area contributed by atoms with E-state index in [4.69, 9.17) is 0 Å². The molecule has 1 N–H and O–H groups in total. The molecule has 1 fully saturated rings. The molecular weight excluding hydrogens is 605 g/mol. The van der Waals surface area contributed by atoms with Crippen molar-refractivity contribution >= 4 is 40.2 Å². The lowest BCUT2D eigenvalue weighted by molar-refractivity contribution is -0.274. The highest BCUT2D eigenvalue weighted by atomic mass is 32.2. The van der Waals surface area contributed by atoms with Crippen molar-refractivity contribution in [3.63, 3.8) is 0 Å². The largest absolute Gasteiger partial charge is 0.573 e. The van der Waals surface area contributed by atoms with Gasteiger partial charge in [0.05, 0.1) is 17.1 Å². The number of carbonyl (C=O) groups excluding carboxylic acids is 2. The first-order valence-corrected chi connectivity index (χ1v) is 15.2. The van der Waals surface area contributed by atoms with E-state index in [1.165, 1.54) is 51.9 Å². The van der Waals surface area contributed by atoms with Gasteiger partial charge in [-0.15, -0.1) is 13.2 Å². The molecule has 4 aromatic rings. The van der Waals surface area contributed by atoms with Gasteiger partial charge in [-0.3, -0.25) is 9.69 Å². The van der Waals surface area contributed by atoms with Crippen molar-refractivity contribution in [2.24, 2.45) is 4.99 Å². The number of hydrogen-bond donors (Lipinski definition) is 1. The summed E-state index contributed by atoms with van der Waals surface area (Å²) in [6, 6.07) is 16.3. The number of aromatic nitrogens is 3. The van der Waals surface area contributed by atoms with Crippen LogP contribution in [0.1, 0.15) is 47.8 Å². The van der Waals surface area contributed by atoms with Crippen LogP contribution < -0.4 is 15.0 Å². The lowest BCUT2D eigenvalue weighted by Crippen LogP contribution is -2.31. The number of alkyl halides is 3. The Balaban J connectivity index is 1.21. The molecule has 13 heteroatoms. The highest BCUT2D eigenvalue weighted by Crippen LogP contribution is 2.34. The van der Waals surface area contributed by atoms with Gasteiger partial charge in [-0.2, -0.15) is 10.1 Å². The van der Waals surface area contributed by atoms with Gasteiger partial charge in [-0.1, -0.05) is 43.8 Å². The van der Waals surface area contributed by atoms with Crippen LogP contribution in [0.15, 0.2) is 72.0 Å². The molecule has 5 rings (SSSR count). The number of aliphatic imine (C=N–C) groups is 1. The normalized spacial score (nSPS) is 14.4. The number of urea groups is 1. The van der Waals surface area contributed by atoms with E-state index in [1.54, 1.807) is 6.07 Å². The number of anilines is 2. The molecule has 0 bridgehead atoms. The standard InChI is InChI=1S/C32H31F3N6O3S/c1-19(2)26-13-5-20(3)15-27(26)41-29(42)17-45-31(41)38-30(43)37-23-8-6-22(21(4)16-23)7-14-28-36-18-40(39-28)24-9-11-25(12-10-24)44-32(33,34)35/h5-6,8-13,15-16,18-19H,7,14,17H2,1-4H3,(H,37,43). The minimum atomic E-state index is -4.75. The summed E-state index contributed by atoms with van der Waals surface area (Å²) in [6.07, 6.45) is -2.09. The third-order valence-corrected chi connectivity index (χ3v) is 8.02. The minimum absolute atomic E-state index is 0.119. The van der Waals surface area contributed by atoms with E-state index in [1.807, 2.05) is 44.2 Å². The van der Waals surface area contributed by atoms with Crippen LogP contribution in [-0.4, -0.2) is 44.0 Å². The topological polar surface area (TPSA) is 102 Å². The molecule has 3 aromatic carbocycles. The number of hydrogen-bond acceptors (Lipinski definition) is 6. The average molecular weight is 637 g/mol. The zero-order valence-electron chi connectivity index (χ0n) is 25.1. The zero-order chi connectivity index (χ0) is 32.3. The van der Waals surface area contributed by atoms with Gasteiger partial charge in [-0.25, -0.2) is 14.5 Å². The number of aryl methyl sites for hydroxylation is 4. The Labute approximate surface area is 262 Å². The second kappa shape index (κ2) is 13.1. The van der Waals surface area contributed by atoms with E-state index >= 15 is 0 Å². The third kappa shape index (κ3) is 7.90. The van der Waals surface area contributed by atoms with Gasteiger partial charge in [0.15, 0.2) is 11.0 Å². The average Bonchev–Trinajstić information content (AvgIpc) is 3.58.